The van der Waals surface area contributed by atoms with Crippen LogP contribution in [0.4, 0.5) is 5.69 Å². The van der Waals surface area contributed by atoms with Gasteiger partial charge in [0.1, 0.15) is 11.3 Å². The highest BCUT2D eigenvalue weighted by molar-refractivity contribution is 6.35. The van der Waals surface area contributed by atoms with Gasteiger partial charge >= 0.3 is 0 Å². The minimum absolute atomic E-state index is 0.638. The number of nitrogen functional groups attached to an aromatic ring is 1. The first-order valence-corrected chi connectivity index (χ1v) is 5.62. The molecule has 0 saturated heterocycles. The van der Waals surface area contributed by atoms with Crippen LogP contribution in [0.1, 0.15) is 0 Å². The average molecular weight is 244 g/mol. The van der Waals surface area contributed by atoms with Crippen molar-refractivity contribution in [2.45, 2.75) is 0 Å². The Morgan fingerprint density at radius 1 is 1.06 bits per heavy atom. The normalized spacial score (nSPS) is 10.9. The molecule has 17 heavy (non-hydrogen) atoms. The first-order valence-electron chi connectivity index (χ1n) is 5.25. The maximum absolute atomic E-state index is 6.08. The smallest absolute Gasteiger partial charge is 0.140 e. The molecule has 0 bridgehead atoms. The van der Waals surface area contributed by atoms with Gasteiger partial charge < -0.3 is 10.7 Å². The van der Waals surface area contributed by atoms with Gasteiger partial charge in [0.05, 0.1) is 10.5 Å². The van der Waals surface area contributed by atoms with E-state index in [1.807, 2.05) is 42.5 Å². The predicted octanol–water partition coefficient (Wildman–Crippen LogP) is 3.47. The molecular weight excluding hydrogens is 234 g/mol. The number of nitrogens with two attached hydrogens (primary N) is 1. The Hall–Kier alpha value is -2.00. The average Bonchev–Trinajstić information content (AvgIpc) is 2.75. The highest BCUT2D eigenvalue weighted by Gasteiger charge is 2.09. The lowest BCUT2D eigenvalue weighted by Crippen LogP contribution is -1.90. The van der Waals surface area contributed by atoms with Crippen LogP contribution in [0.5, 0.6) is 0 Å². The summed E-state index contributed by atoms with van der Waals surface area (Å²) in [5, 5.41) is 0.638. The Balaban J connectivity index is 2.26. The minimum atomic E-state index is 0.638. The fourth-order valence-electron chi connectivity index (χ4n) is 1.84. The van der Waals surface area contributed by atoms with Crippen molar-refractivity contribution < 1.29 is 0 Å². The number of hydrogen-bond acceptors (Lipinski definition) is 2. The third-order valence-corrected chi connectivity index (χ3v) is 2.98. The molecule has 0 aliphatic carbocycles. The van der Waals surface area contributed by atoms with E-state index in [9.17, 15) is 0 Å². The van der Waals surface area contributed by atoms with Crippen LogP contribution in [0.2, 0.25) is 5.02 Å². The Morgan fingerprint density at radius 3 is 2.65 bits per heavy atom. The van der Waals surface area contributed by atoms with Crippen LogP contribution in [-0.4, -0.2) is 9.97 Å². The van der Waals surface area contributed by atoms with E-state index in [1.54, 1.807) is 0 Å². The number of halogens is 1. The van der Waals surface area contributed by atoms with Gasteiger partial charge in [-0.3, -0.25) is 0 Å². The van der Waals surface area contributed by atoms with E-state index < -0.39 is 0 Å². The van der Waals surface area contributed by atoms with Crippen molar-refractivity contribution >= 4 is 28.3 Å². The van der Waals surface area contributed by atoms with Crippen LogP contribution in [-0.2, 0) is 0 Å². The van der Waals surface area contributed by atoms with Gasteiger partial charge in [-0.15, -0.1) is 0 Å². The molecule has 0 amide bonds. The predicted molar refractivity (Wildman–Crippen MR) is 71.0 cm³/mol. The number of hydrogen-bond donors (Lipinski definition) is 2. The fourth-order valence-corrected chi connectivity index (χ4v) is 2.05. The molecule has 84 valence electrons. The Bertz CT molecular complexity index is 688. The molecule has 3 rings (SSSR count). The molecule has 0 radical (unpaired) electrons. The summed E-state index contributed by atoms with van der Waals surface area (Å²) in [5.74, 6) is 0.742. The highest BCUT2D eigenvalue weighted by Crippen LogP contribution is 2.28. The van der Waals surface area contributed by atoms with Crippen molar-refractivity contribution in [3.05, 3.63) is 47.5 Å². The van der Waals surface area contributed by atoms with E-state index in [2.05, 4.69) is 9.97 Å². The molecule has 3 nitrogen and oxygen atoms in total. The number of H-pyrrole nitrogens is 1. The lowest BCUT2D eigenvalue weighted by molar-refractivity contribution is 1.34. The van der Waals surface area contributed by atoms with Gasteiger partial charge in [-0.05, 0) is 24.3 Å². The van der Waals surface area contributed by atoms with Gasteiger partial charge in [-0.25, -0.2) is 4.98 Å². The third kappa shape index (κ3) is 1.65. The zero-order valence-electron chi connectivity index (χ0n) is 8.94. The Kier molecular flexibility index (Phi) is 2.27. The molecule has 3 aromatic rings. The van der Waals surface area contributed by atoms with E-state index in [-0.39, 0.29) is 0 Å². The van der Waals surface area contributed by atoms with E-state index in [0.717, 1.165) is 22.4 Å². The van der Waals surface area contributed by atoms with Crippen molar-refractivity contribution in [2.24, 2.45) is 0 Å². The van der Waals surface area contributed by atoms with Gasteiger partial charge in [-0.1, -0.05) is 29.8 Å². The van der Waals surface area contributed by atoms with Crippen molar-refractivity contribution in [3.8, 4) is 11.4 Å². The molecule has 1 aromatic heterocycles. The Morgan fingerprint density at radius 2 is 1.88 bits per heavy atom. The largest absolute Gasteiger partial charge is 0.398 e. The molecule has 3 N–H and O–H groups in total. The second kappa shape index (κ2) is 3.79. The maximum atomic E-state index is 6.08. The van der Waals surface area contributed by atoms with Crippen LogP contribution in [0, 0.1) is 0 Å². The van der Waals surface area contributed by atoms with Gasteiger partial charge in [-0.2, -0.15) is 0 Å². The van der Waals surface area contributed by atoms with Crippen LogP contribution >= 0.6 is 11.6 Å². The molecule has 0 saturated carbocycles. The molecule has 0 unspecified atom stereocenters. The first-order chi connectivity index (χ1) is 8.25. The molecule has 0 atom stereocenters. The number of aromatic nitrogens is 2. The number of imidazole rings is 1. The Labute approximate surface area is 103 Å². The summed E-state index contributed by atoms with van der Waals surface area (Å²) in [7, 11) is 0. The number of nitrogens with zero attached hydrogens (tertiary/aromatic N) is 1. The van der Waals surface area contributed by atoms with Gasteiger partial charge in [0.25, 0.3) is 0 Å². The quantitative estimate of drug-likeness (QED) is 0.643. The maximum Gasteiger partial charge on any atom is 0.140 e. The first kappa shape index (κ1) is 10.2. The summed E-state index contributed by atoms with van der Waals surface area (Å²) >= 11 is 6.08. The molecule has 4 heteroatoms. The van der Waals surface area contributed by atoms with E-state index in [4.69, 9.17) is 17.3 Å². The van der Waals surface area contributed by atoms with Crippen molar-refractivity contribution in [1.29, 1.82) is 0 Å². The molecule has 0 aliphatic heterocycles. The summed E-state index contributed by atoms with van der Waals surface area (Å²) in [4.78, 5) is 7.69. The third-order valence-electron chi connectivity index (χ3n) is 2.68. The van der Waals surface area contributed by atoms with Gasteiger partial charge in [0.2, 0.25) is 0 Å². The van der Waals surface area contributed by atoms with Crippen LogP contribution in [0.25, 0.3) is 22.4 Å². The standard InChI is InChI=1S/C13H10ClN3/c14-9-5-3-7-11-12(9)17-13(16-11)8-4-1-2-6-10(8)15/h1-7H,15H2,(H,16,17). The summed E-state index contributed by atoms with van der Waals surface area (Å²) < 4.78 is 0. The van der Waals surface area contributed by atoms with Crippen molar-refractivity contribution in [2.75, 3.05) is 5.73 Å². The topological polar surface area (TPSA) is 54.7 Å². The monoisotopic (exact) mass is 243 g/mol. The van der Waals surface area contributed by atoms with Crippen LogP contribution < -0.4 is 5.73 Å². The minimum Gasteiger partial charge on any atom is -0.398 e. The number of fused-ring (bicyclic) bond motifs is 1. The molecule has 0 aliphatic rings. The highest BCUT2D eigenvalue weighted by atomic mass is 35.5. The van der Waals surface area contributed by atoms with Crippen LogP contribution in [0.3, 0.4) is 0 Å². The number of nitrogens with one attached hydrogen (secondary N) is 1. The molecule has 1 heterocycles. The summed E-state index contributed by atoms with van der Waals surface area (Å²) in [6, 6.07) is 13.3. The second-order valence-electron chi connectivity index (χ2n) is 3.81. The van der Waals surface area contributed by atoms with Gasteiger partial charge in [0.15, 0.2) is 0 Å². The van der Waals surface area contributed by atoms with Gasteiger partial charge in [0, 0.05) is 11.3 Å². The molecular formula is C13H10ClN3. The summed E-state index contributed by atoms with van der Waals surface area (Å²) in [6.45, 7) is 0. The molecule has 0 spiro atoms. The number of aromatic amines is 1. The SMILES string of the molecule is Nc1ccccc1-c1nc2c(Cl)cccc2[nH]1. The van der Waals surface area contributed by atoms with E-state index in [1.165, 1.54) is 0 Å². The zero-order valence-corrected chi connectivity index (χ0v) is 9.70. The second-order valence-corrected chi connectivity index (χ2v) is 4.22. The summed E-state index contributed by atoms with van der Waals surface area (Å²) in [5.41, 5.74) is 9.19. The number of anilines is 1. The fraction of sp³-hybridized carbons (Fsp3) is 0. The number of para-hydroxylation sites is 2. The van der Waals surface area contributed by atoms with E-state index in [0.29, 0.717) is 10.7 Å². The number of benzene rings is 2. The van der Waals surface area contributed by atoms with E-state index >= 15 is 0 Å². The zero-order chi connectivity index (χ0) is 11.8. The molecule has 2 aromatic carbocycles. The van der Waals surface area contributed by atoms with Crippen molar-refractivity contribution in [1.82, 2.24) is 9.97 Å². The lowest BCUT2D eigenvalue weighted by Gasteiger charge is -2.00. The van der Waals surface area contributed by atoms with Crippen molar-refractivity contribution in [3.63, 3.8) is 0 Å². The lowest BCUT2D eigenvalue weighted by atomic mass is 10.2. The summed E-state index contributed by atoms with van der Waals surface area (Å²) in [6.07, 6.45) is 0. The molecule has 0 fully saturated rings. The number of rotatable bonds is 1. The van der Waals surface area contributed by atoms with Crippen LogP contribution in [0.15, 0.2) is 42.5 Å².